The van der Waals surface area contributed by atoms with E-state index >= 15 is 0 Å². The van der Waals surface area contributed by atoms with Gasteiger partial charge >= 0.3 is 0 Å². The Morgan fingerprint density at radius 1 is 1.30 bits per heavy atom. The molecule has 0 aromatic carbocycles. The first kappa shape index (κ1) is 16.3. The van der Waals surface area contributed by atoms with Gasteiger partial charge in [-0.3, -0.25) is 9.59 Å². The highest BCUT2D eigenvalue weighted by Crippen LogP contribution is 2.34. The van der Waals surface area contributed by atoms with Crippen molar-refractivity contribution < 1.29 is 9.59 Å². The van der Waals surface area contributed by atoms with Crippen molar-refractivity contribution in [2.75, 3.05) is 11.9 Å². The minimum Gasteiger partial charge on any atom is -0.356 e. The van der Waals surface area contributed by atoms with E-state index < -0.39 is 5.25 Å². The SMILES string of the molecule is O=C(CC1Sc2ncccc2NC1=O)NCC1CCCCCC1. The average molecular weight is 333 g/mol. The zero-order valence-corrected chi connectivity index (χ0v) is 14.0. The van der Waals surface area contributed by atoms with Gasteiger partial charge in [-0.25, -0.2) is 4.98 Å². The largest absolute Gasteiger partial charge is 0.356 e. The molecule has 5 nitrogen and oxygen atoms in total. The van der Waals surface area contributed by atoms with Crippen molar-refractivity contribution in [2.45, 2.75) is 55.2 Å². The number of fused-ring (bicyclic) bond motifs is 1. The summed E-state index contributed by atoms with van der Waals surface area (Å²) < 4.78 is 0. The van der Waals surface area contributed by atoms with E-state index in [1.165, 1.54) is 50.3 Å². The van der Waals surface area contributed by atoms with Gasteiger partial charge in [-0.05, 0) is 30.9 Å². The lowest BCUT2D eigenvalue weighted by Crippen LogP contribution is -2.36. The van der Waals surface area contributed by atoms with Gasteiger partial charge in [0.05, 0.1) is 10.9 Å². The highest BCUT2D eigenvalue weighted by Gasteiger charge is 2.29. The average Bonchev–Trinajstić information content (AvgIpc) is 2.82. The molecule has 3 rings (SSSR count). The Labute approximate surface area is 141 Å². The van der Waals surface area contributed by atoms with Crippen molar-refractivity contribution in [1.82, 2.24) is 10.3 Å². The maximum absolute atomic E-state index is 12.2. The van der Waals surface area contributed by atoms with Crippen molar-refractivity contribution in [3.05, 3.63) is 18.3 Å². The lowest BCUT2D eigenvalue weighted by molar-refractivity contribution is -0.124. The first-order chi connectivity index (χ1) is 11.2. The molecule has 6 heteroatoms. The smallest absolute Gasteiger partial charge is 0.238 e. The Balaban J connectivity index is 1.49. The number of nitrogens with one attached hydrogen (secondary N) is 2. The molecule has 1 saturated carbocycles. The van der Waals surface area contributed by atoms with Gasteiger partial charge in [0.1, 0.15) is 5.03 Å². The van der Waals surface area contributed by atoms with Gasteiger partial charge in [0.15, 0.2) is 0 Å². The number of amides is 2. The van der Waals surface area contributed by atoms with Gasteiger partial charge in [0.2, 0.25) is 11.8 Å². The minimum absolute atomic E-state index is 0.0405. The molecular formula is C17H23N3O2S. The molecule has 1 aliphatic heterocycles. The molecule has 2 N–H and O–H groups in total. The van der Waals surface area contributed by atoms with Crippen molar-refractivity contribution in [1.29, 1.82) is 0 Å². The van der Waals surface area contributed by atoms with Gasteiger partial charge in [-0.2, -0.15) is 0 Å². The molecular weight excluding hydrogens is 310 g/mol. The normalized spacial score (nSPS) is 21.9. The van der Waals surface area contributed by atoms with Crippen LogP contribution in [0, 0.1) is 5.92 Å². The van der Waals surface area contributed by atoms with Crippen LogP contribution in [0.15, 0.2) is 23.4 Å². The summed E-state index contributed by atoms with van der Waals surface area (Å²) in [5, 5.41) is 6.24. The van der Waals surface area contributed by atoms with E-state index in [0.29, 0.717) is 5.92 Å². The summed E-state index contributed by atoms with van der Waals surface area (Å²) in [4.78, 5) is 28.5. The fourth-order valence-corrected chi connectivity index (χ4v) is 4.22. The van der Waals surface area contributed by atoms with E-state index in [-0.39, 0.29) is 18.2 Å². The first-order valence-corrected chi connectivity index (χ1v) is 9.29. The monoisotopic (exact) mass is 333 g/mol. The third-order valence-corrected chi connectivity index (χ3v) is 5.72. The van der Waals surface area contributed by atoms with Crippen LogP contribution in [0.4, 0.5) is 5.69 Å². The number of pyridine rings is 1. The predicted octanol–water partition coefficient (Wildman–Crippen LogP) is 2.97. The number of anilines is 1. The van der Waals surface area contributed by atoms with Gasteiger partial charge in [0.25, 0.3) is 0 Å². The molecule has 2 amide bonds. The molecule has 2 heterocycles. The predicted molar refractivity (Wildman–Crippen MR) is 91.3 cm³/mol. The zero-order chi connectivity index (χ0) is 16.1. The maximum atomic E-state index is 12.2. The number of aromatic nitrogens is 1. The molecule has 1 aromatic heterocycles. The number of nitrogens with zero attached hydrogens (tertiary/aromatic N) is 1. The molecule has 0 spiro atoms. The third kappa shape index (κ3) is 4.47. The second-order valence-electron chi connectivity index (χ2n) is 6.32. The molecule has 1 fully saturated rings. The summed E-state index contributed by atoms with van der Waals surface area (Å²) in [5.74, 6) is 0.443. The Kier molecular flexibility index (Phi) is 5.54. The second kappa shape index (κ2) is 7.81. The van der Waals surface area contributed by atoms with Crippen molar-refractivity contribution in [3.63, 3.8) is 0 Å². The van der Waals surface area contributed by atoms with Gasteiger partial charge < -0.3 is 10.6 Å². The van der Waals surface area contributed by atoms with E-state index in [1.807, 2.05) is 6.07 Å². The molecule has 1 unspecified atom stereocenters. The highest BCUT2D eigenvalue weighted by atomic mass is 32.2. The fourth-order valence-electron chi connectivity index (χ4n) is 3.18. The number of thioether (sulfide) groups is 1. The van der Waals surface area contributed by atoms with Gasteiger partial charge in [-0.15, -0.1) is 0 Å². The van der Waals surface area contributed by atoms with Crippen LogP contribution in [0.1, 0.15) is 44.9 Å². The fraction of sp³-hybridized carbons (Fsp3) is 0.588. The summed E-state index contributed by atoms with van der Waals surface area (Å²) in [7, 11) is 0. The molecule has 124 valence electrons. The molecule has 1 atom stereocenters. The van der Waals surface area contributed by atoms with Crippen molar-refractivity contribution in [2.24, 2.45) is 5.92 Å². The van der Waals surface area contributed by atoms with Gasteiger partial charge in [-0.1, -0.05) is 37.4 Å². The summed E-state index contributed by atoms with van der Waals surface area (Å²) >= 11 is 1.37. The molecule has 0 bridgehead atoms. The summed E-state index contributed by atoms with van der Waals surface area (Å²) in [5.41, 5.74) is 0.734. The van der Waals surface area contributed by atoms with Crippen LogP contribution in [0.3, 0.4) is 0 Å². The van der Waals surface area contributed by atoms with E-state index in [0.717, 1.165) is 17.3 Å². The number of carbonyl (C=O) groups excluding carboxylic acids is 2. The Hall–Kier alpha value is -1.56. The van der Waals surface area contributed by atoms with Crippen LogP contribution < -0.4 is 10.6 Å². The molecule has 0 radical (unpaired) electrons. The number of rotatable bonds is 4. The molecule has 0 saturated heterocycles. The Morgan fingerprint density at radius 2 is 2.09 bits per heavy atom. The third-order valence-electron chi connectivity index (χ3n) is 4.51. The highest BCUT2D eigenvalue weighted by molar-refractivity contribution is 8.00. The zero-order valence-electron chi connectivity index (χ0n) is 13.2. The summed E-state index contributed by atoms with van der Waals surface area (Å²) in [6, 6.07) is 3.62. The molecule has 1 aliphatic carbocycles. The van der Waals surface area contributed by atoms with Crippen LogP contribution in [0.5, 0.6) is 0 Å². The summed E-state index contributed by atoms with van der Waals surface area (Å²) in [6.07, 6.45) is 9.48. The minimum atomic E-state index is -0.397. The Morgan fingerprint density at radius 3 is 2.87 bits per heavy atom. The van der Waals surface area contributed by atoms with E-state index in [9.17, 15) is 9.59 Å². The van der Waals surface area contributed by atoms with Crippen molar-refractivity contribution >= 4 is 29.3 Å². The quantitative estimate of drug-likeness (QED) is 0.831. The van der Waals surface area contributed by atoms with Crippen molar-refractivity contribution in [3.8, 4) is 0 Å². The van der Waals surface area contributed by atoms with E-state index in [4.69, 9.17) is 0 Å². The Bertz CT molecular complexity index is 571. The lowest BCUT2D eigenvalue weighted by atomic mass is 10.0. The summed E-state index contributed by atoms with van der Waals surface area (Å²) in [6.45, 7) is 0.743. The van der Waals surface area contributed by atoms with Crippen LogP contribution in [0.2, 0.25) is 0 Å². The molecule has 23 heavy (non-hydrogen) atoms. The van der Waals surface area contributed by atoms with E-state index in [1.54, 1.807) is 12.3 Å². The first-order valence-electron chi connectivity index (χ1n) is 8.41. The van der Waals surface area contributed by atoms with Crippen LogP contribution in [0.25, 0.3) is 0 Å². The molecule has 1 aromatic rings. The van der Waals surface area contributed by atoms with Crippen LogP contribution in [-0.4, -0.2) is 28.6 Å². The maximum Gasteiger partial charge on any atom is 0.238 e. The number of carbonyl (C=O) groups is 2. The van der Waals surface area contributed by atoms with Crippen LogP contribution in [-0.2, 0) is 9.59 Å². The number of hydrogen-bond acceptors (Lipinski definition) is 4. The molecule has 2 aliphatic rings. The van der Waals surface area contributed by atoms with Gasteiger partial charge in [0, 0.05) is 19.2 Å². The standard InChI is InChI=1S/C17H23N3O2S/c21-15(19-11-12-6-3-1-2-4-7-12)10-14-16(22)20-13-8-5-9-18-17(13)23-14/h5,8-9,12,14H,1-4,6-7,10-11H2,(H,19,21)(H,20,22). The second-order valence-corrected chi connectivity index (χ2v) is 7.51. The lowest BCUT2D eigenvalue weighted by Gasteiger charge is -2.23. The van der Waals surface area contributed by atoms with Crippen LogP contribution >= 0.6 is 11.8 Å². The van der Waals surface area contributed by atoms with E-state index in [2.05, 4.69) is 15.6 Å². The number of hydrogen-bond donors (Lipinski definition) is 2. The topological polar surface area (TPSA) is 71.1 Å².